The van der Waals surface area contributed by atoms with Crippen molar-refractivity contribution >= 4 is 17.9 Å². The number of fused-ring (bicyclic) bond motifs is 1. The highest BCUT2D eigenvalue weighted by Gasteiger charge is 2.49. The quantitative estimate of drug-likeness (QED) is 0.414. The number of aldehydes is 1. The first kappa shape index (κ1) is 23.2. The Morgan fingerprint density at radius 3 is 2.55 bits per heavy atom. The minimum Gasteiger partial charge on any atom is -0.491 e. The van der Waals surface area contributed by atoms with Gasteiger partial charge in [-0.05, 0) is 24.1 Å². The highest BCUT2D eigenvalue weighted by atomic mass is 35.5. The van der Waals surface area contributed by atoms with E-state index in [-0.39, 0.29) is 46.4 Å². The lowest BCUT2D eigenvalue weighted by Gasteiger charge is -2.32. The maximum absolute atomic E-state index is 15.7. The Morgan fingerprint density at radius 1 is 1.18 bits per heavy atom. The third-order valence-corrected chi connectivity index (χ3v) is 6.56. The van der Waals surface area contributed by atoms with Gasteiger partial charge in [-0.1, -0.05) is 55.8 Å². The zero-order valence-electron chi connectivity index (χ0n) is 18.3. The molecule has 0 saturated heterocycles. The average molecular weight is 472 g/mol. The van der Waals surface area contributed by atoms with Crippen LogP contribution < -0.4 is 15.2 Å². The van der Waals surface area contributed by atoms with Crippen molar-refractivity contribution in [3.8, 4) is 22.6 Å². The SMILES string of the molecule is CCCOc1ccc(C=O)c(-c2c(Cl)c(F)cc3c2[C@H](C)[C@@](CN)(c2ccccc2)O3)c1F. The van der Waals surface area contributed by atoms with E-state index in [1.165, 1.54) is 18.2 Å². The molecule has 33 heavy (non-hydrogen) atoms. The van der Waals surface area contributed by atoms with Crippen LogP contribution in [-0.4, -0.2) is 19.4 Å². The number of benzene rings is 3. The standard InChI is InChI=1S/C26H24ClF2NO3/c1-3-11-32-19-10-9-16(13-31)22(25(19)29)23-21-15(2)26(14-30,17-7-5-4-6-8-17)33-20(21)12-18(28)24(23)27/h4-10,12-13,15H,3,11,14,30H2,1-2H3/t15-,26-/m0/s1. The summed E-state index contributed by atoms with van der Waals surface area (Å²) in [6.45, 7) is 4.15. The van der Waals surface area contributed by atoms with E-state index in [9.17, 15) is 9.18 Å². The van der Waals surface area contributed by atoms with Gasteiger partial charge in [0.25, 0.3) is 0 Å². The van der Waals surface area contributed by atoms with Gasteiger partial charge in [0.05, 0.1) is 11.6 Å². The molecule has 1 heterocycles. The Bertz CT molecular complexity index is 1200. The third-order valence-electron chi connectivity index (χ3n) is 6.19. The molecule has 4 nitrogen and oxygen atoms in total. The summed E-state index contributed by atoms with van der Waals surface area (Å²) in [7, 11) is 0. The summed E-state index contributed by atoms with van der Waals surface area (Å²) in [4.78, 5) is 11.9. The number of ether oxygens (including phenoxy) is 2. The van der Waals surface area contributed by atoms with Crippen molar-refractivity contribution in [2.24, 2.45) is 5.73 Å². The molecule has 172 valence electrons. The van der Waals surface area contributed by atoms with Crippen molar-refractivity contribution in [3.63, 3.8) is 0 Å². The fourth-order valence-electron chi connectivity index (χ4n) is 4.51. The molecule has 2 atom stereocenters. The zero-order chi connectivity index (χ0) is 23.8. The summed E-state index contributed by atoms with van der Waals surface area (Å²) < 4.78 is 42.5. The Morgan fingerprint density at radius 2 is 1.91 bits per heavy atom. The van der Waals surface area contributed by atoms with E-state index in [0.717, 1.165) is 5.56 Å². The minimum absolute atomic E-state index is 0.0307. The number of carbonyl (C=O) groups excluding carboxylic acids is 1. The maximum Gasteiger partial charge on any atom is 0.173 e. The second-order valence-electron chi connectivity index (χ2n) is 8.05. The monoisotopic (exact) mass is 471 g/mol. The van der Waals surface area contributed by atoms with Crippen molar-refractivity contribution < 1.29 is 23.0 Å². The van der Waals surface area contributed by atoms with Gasteiger partial charge in [-0.3, -0.25) is 4.79 Å². The molecule has 0 unspecified atom stereocenters. The average Bonchev–Trinajstić information content (AvgIpc) is 3.12. The number of hydrogen-bond donors (Lipinski definition) is 1. The minimum atomic E-state index is -1.01. The summed E-state index contributed by atoms with van der Waals surface area (Å²) in [5, 5.41) is -0.292. The molecule has 0 radical (unpaired) electrons. The van der Waals surface area contributed by atoms with Gasteiger partial charge in [0.15, 0.2) is 23.5 Å². The first-order valence-electron chi connectivity index (χ1n) is 10.8. The van der Waals surface area contributed by atoms with Crippen LogP contribution in [0.25, 0.3) is 11.1 Å². The van der Waals surface area contributed by atoms with E-state index in [0.29, 0.717) is 18.3 Å². The van der Waals surface area contributed by atoms with Gasteiger partial charge < -0.3 is 15.2 Å². The third kappa shape index (κ3) is 3.67. The predicted molar refractivity (Wildman–Crippen MR) is 124 cm³/mol. The normalized spacial score (nSPS) is 19.2. The smallest absolute Gasteiger partial charge is 0.173 e. The first-order valence-corrected chi connectivity index (χ1v) is 11.1. The molecule has 1 aliphatic heterocycles. The predicted octanol–water partition coefficient (Wildman–Crippen LogP) is 6.24. The molecular formula is C26H24ClF2NO3. The molecule has 2 N–H and O–H groups in total. The molecule has 0 bridgehead atoms. The van der Waals surface area contributed by atoms with Crippen molar-refractivity contribution in [2.75, 3.05) is 13.2 Å². The van der Waals surface area contributed by atoms with Crippen molar-refractivity contribution in [3.05, 3.63) is 81.9 Å². The van der Waals surface area contributed by atoms with Gasteiger partial charge in [0, 0.05) is 40.8 Å². The van der Waals surface area contributed by atoms with Gasteiger partial charge in [-0.2, -0.15) is 0 Å². The summed E-state index contributed by atoms with van der Waals surface area (Å²) >= 11 is 6.43. The lowest BCUT2D eigenvalue weighted by atomic mass is 9.77. The van der Waals surface area contributed by atoms with Crippen LogP contribution in [0.2, 0.25) is 5.02 Å². The Labute approximate surface area is 196 Å². The number of hydrogen-bond acceptors (Lipinski definition) is 4. The van der Waals surface area contributed by atoms with Crippen LogP contribution in [0.3, 0.4) is 0 Å². The van der Waals surface area contributed by atoms with Crippen LogP contribution in [-0.2, 0) is 5.60 Å². The van der Waals surface area contributed by atoms with Gasteiger partial charge >= 0.3 is 0 Å². The molecule has 0 saturated carbocycles. The molecule has 0 spiro atoms. The molecule has 3 aromatic rings. The summed E-state index contributed by atoms with van der Waals surface area (Å²) in [5.41, 5.74) is 6.47. The lowest BCUT2D eigenvalue weighted by molar-refractivity contribution is 0.0800. The molecule has 0 amide bonds. The second kappa shape index (κ2) is 9.12. The van der Waals surface area contributed by atoms with E-state index in [1.54, 1.807) is 0 Å². The van der Waals surface area contributed by atoms with Crippen LogP contribution in [0.4, 0.5) is 8.78 Å². The summed E-state index contributed by atoms with van der Waals surface area (Å²) in [6.07, 6.45) is 1.19. The first-order chi connectivity index (χ1) is 15.9. The number of carbonyl (C=O) groups is 1. The Hall–Kier alpha value is -2.96. The van der Waals surface area contributed by atoms with Crippen molar-refractivity contribution in [1.82, 2.24) is 0 Å². The van der Waals surface area contributed by atoms with Gasteiger partial charge in [-0.15, -0.1) is 0 Å². The fourth-order valence-corrected chi connectivity index (χ4v) is 4.76. The molecule has 4 rings (SSSR count). The highest BCUT2D eigenvalue weighted by Crippen LogP contribution is 2.56. The molecule has 7 heteroatoms. The van der Waals surface area contributed by atoms with Crippen molar-refractivity contribution in [1.29, 1.82) is 0 Å². The molecule has 3 aromatic carbocycles. The number of nitrogens with two attached hydrogens (primary N) is 1. The highest BCUT2D eigenvalue weighted by molar-refractivity contribution is 6.34. The van der Waals surface area contributed by atoms with Crippen LogP contribution >= 0.6 is 11.6 Å². The topological polar surface area (TPSA) is 61.5 Å². The largest absolute Gasteiger partial charge is 0.491 e. The van der Waals surface area contributed by atoms with E-state index < -0.39 is 23.2 Å². The summed E-state index contributed by atoms with van der Waals surface area (Å²) in [5.74, 6) is -1.81. The Kier molecular flexibility index (Phi) is 6.41. The number of rotatable bonds is 7. The summed E-state index contributed by atoms with van der Waals surface area (Å²) in [6, 6.07) is 13.4. The van der Waals surface area contributed by atoms with E-state index in [2.05, 4.69) is 0 Å². The number of halogens is 3. The molecule has 0 aromatic heterocycles. The lowest BCUT2D eigenvalue weighted by Crippen LogP contribution is -2.41. The van der Waals surface area contributed by atoms with Crippen LogP contribution in [0.1, 0.15) is 47.7 Å². The van der Waals surface area contributed by atoms with Gasteiger partial charge in [0.1, 0.15) is 11.6 Å². The molecule has 0 aliphatic carbocycles. The van der Waals surface area contributed by atoms with E-state index >= 15 is 4.39 Å². The Balaban J connectivity index is 2.00. The fraction of sp³-hybridized carbons (Fsp3) is 0.269. The maximum atomic E-state index is 15.7. The molecular weight excluding hydrogens is 448 g/mol. The van der Waals surface area contributed by atoms with Crippen LogP contribution in [0, 0.1) is 11.6 Å². The van der Waals surface area contributed by atoms with Crippen LogP contribution in [0.15, 0.2) is 48.5 Å². The second-order valence-corrected chi connectivity index (χ2v) is 8.43. The molecule has 1 aliphatic rings. The molecule has 0 fully saturated rings. The van der Waals surface area contributed by atoms with E-state index in [1.807, 2.05) is 44.2 Å². The van der Waals surface area contributed by atoms with Gasteiger partial charge in [-0.25, -0.2) is 8.78 Å². The van der Waals surface area contributed by atoms with Crippen LogP contribution in [0.5, 0.6) is 11.5 Å². The zero-order valence-corrected chi connectivity index (χ0v) is 19.1. The van der Waals surface area contributed by atoms with Gasteiger partial charge in [0.2, 0.25) is 0 Å². The van der Waals surface area contributed by atoms with E-state index in [4.69, 9.17) is 26.8 Å². The van der Waals surface area contributed by atoms with Crippen molar-refractivity contribution in [2.45, 2.75) is 31.8 Å².